The van der Waals surface area contributed by atoms with E-state index in [1.165, 1.54) is 6.07 Å². The summed E-state index contributed by atoms with van der Waals surface area (Å²) in [4.78, 5) is 40.1. The number of amides is 1. The number of carbonyl (C=O) groups excluding carboxylic acids is 2. The highest BCUT2D eigenvalue weighted by atomic mass is 16.5. The Kier molecular flexibility index (Phi) is 5.88. The standard InChI is InChI=1S/C20H21N3O5/c1-3-4-5-18(24)22-15-8-6-14(7-9-15)20(26)27-12-16-11-19(25)23-17(21-16)10-13(2)28-23/h6-11H,3-5,12H2,1-2H3,(H,22,24). The number of hydrogen-bond donors (Lipinski definition) is 1. The SMILES string of the molecule is CCCCC(=O)Nc1ccc(C(=O)OCc2cc(=O)n3oc(C)cc3n2)cc1. The average molecular weight is 383 g/mol. The second-order valence-corrected chi connectivity index (χ2v) is 6.39. The maximum atomic E-state index is 12.2. The molecule has 8 nitrogen and oxygen atoms in total. The summed E-state index contributed by atoms with van der Waals surface area (Å²) in [5, 5.41) is 2.78. The van der Waals surface area contributed by atoms with E-state index in [2.05, 4.69) is 10.3 Å². The van der Waals surface area contributed by atoms with Crippen LogP contribution in [0.15, 0.2) is 45.7 Å². The fraction of sp³-hybridized carbons (Fsp3) is 0.300. The van der Waals surface area contributed by atoms with Gasteiger partial charge in [-0.3, -0.25) is 9.59 Å². The van der Waals surface area contributed by atoms with Gasteiger partial charge in [0.05, 0.1) is 11.3 Å². The number of carbonyl (C=O) groups is 2. The molecule has 0 aliphatic heterocycles. The number of aromatic nitrogens is 2. The molecule has 0 fully saturated rings. The van der Waals surface area contributed by atoms with E-state index in [1.54, 1.807) is 37.3 Å². The topological polar surface area (TPSA) is 103 Å². The number of unbranched alkanes of at least 4 members (excludes halogenated alkanes) is 1. The van der Waals surface area contributed by atoms with Crippen molar-refractivity contribution in [1.82, 2.24) is 9.56 Å². The molecule has 8 heteroatoms. The molecule has 1 amide bonds. The first-order chi connectivity index (χ1) is 13.5. The Labute approximate surface area is 161 Å². The molecule has 2 heterocycles. The number of rotatable bonds is 7. The smallest absolute Gasteiger partial charge is 0.338 e. The van der Waals surface area contributed by atoms with Crippen LogP contribution in [-0.2, 0) is 16.1 Å². The molecular weight excluding hydrogens is 362 g/mol. The molecule has 2 aromatic heterocycles. The normalized spacial score (nSPS) is 10.8. The van der Waals surface area contributed by atoms with Gasteiger partial charge in [0.1, 0.15) is 12.4 Å². The van der Waals surface area contributed by atoms with Crippen molar-refractivity contribution in [2.75, 3.05) is 5.32 Å². The third-order valence-corrected chi connectivity index (χ3v) is 4.04. The van der Waals surface area contributed by atoms with Gasteiger partial charge in [0.25, 0.3) is 5.56 Å². The highest BCUT2D eigenvalue weighted by Crippen LogP contribution is 2.12. The van der Waals surface area contributed by atoms with Gasteiger partial charge in [0.2, 0.25) is 5.91 Å². The first kappa shape index (κ1) is 19.3. The molecule has 0 spiro atoms. The van der Waals surface area contributed by atoms with Crippen LogP contribution in [0.4, 0.5) is 5.69 Å². The Bertz CT molecular complexity index is 1050. The number of aryl methyl sites for hydroxylation is 1. The summed E-state index contributed by atoms with van der Waals surface area (Å²) in [6.45, 7) is 3.60. The number of anilines is 1. The van der Waals surface area contributed by atoms with Crippen molar-refractivity contribution in [3.05, 3.63) is 63.8 Å². The molecular formula is C20H21N3O5. The van der Waals surface area contributed by atoms with Crippen LogP contribution in [0.2, 0.25) is 0 Å². The van der Waals surface area contributed by atoms with E-state index in [4.69, 9.17) is 9.26 Å². The van der Waals surface area contributed by atoms with Gasteiger partial charge in [0.15, 0.2) is 5.65 Å². The molecule has 1 N–H and O–H groups in total. The average Bonchev–Trinajstić information content (AvgIpc) is 3.06. The Hall–Kier alpha value is -3.42. The zero-order chi connectivity index (χ0) is 20.1. The van der Waals surface area contributed by atoms with Crippen LogP contribution in [0.1, 0.15) is 48.0 Å². The monoisotopic (exact) mass is 383 g/mol. The lowest BCUT2D eigenvalue weighted by molar-refractivity contribution is -0.116. The van der Waals surface area contributed by atoms with Gasteiger partial charge in [-0.15, -0.1) is 4.57 Å². The summed E-state index contributed by atoms with van der Waals surface area (Å²) in [5.41, 5.74) is 1.27. The number of esters is 1. The second-order valence-electron chi connectivity index (χ2n) is 6.39. The van der Waals surface area contributed by atoms with E-state index >= 15 is 0 Å². The Morgan fingerprint density at radius 1 is 1.21 bits per heavy atom. The minimum absolute atomic E-state index is 0.0561. The number of hydrogen-bond acceptors (Lipinski definition) is 6. The fourth-order valence-corrected chi connectivity index (χ4v) is 2.62. The van der Waals surface area contributed by atoms with Crippen LogP contribution >= 0.6 is 0 Å². The van der Waals surface area contributed by atoms with Gasteiger partial charge in [-0.1, -0.05) is 13.3 Å². The molecule has 0 saturated heterocycles. The maximum Gasteiger partial charge on any atom is 0.338 e. The van der Waals surface area contributed by atoms with Crippen LogP contribution in [0.5, 0.6) is 0 Å². The van der Waals surface area contributed by atoms with Crippen LogP contribution in [0.3, 0.4) is 0 Å². The molecule has 0 radical (unpaired) electrons. The molecule has 0 aliphatic rings. The molecule has 0 saturated carbocycles. The van der Waals surface area contributed by atoms with Crippen molar-refractivity contribution in [2.45, 2.75) is 39.7 Å². The zero-order valence-corrected chi connectivity index (χ0v) is 15.7. The van der Waals surface area contributed by atoms with E-state index in [0.717, 1.165) is 17.4 Å². The lowest BCUT2D eigenvalue weighted by Gasteiger charge is -2.07. The van der Waals surface area contributed by atoms with E-state index in [0.29, 0.717) is 34.8 Å². The summed E-state index contributed by atoms with van der Waals surface area (Å²) >= 11 is 0. The van der Waals surface area contributed by atoms with E-state index < -0.39 is 5.97 Å². The molecule has 3 rings (SSSR count). The number of fused-ring (bicyclic) bond motifs is 1. The van der Waals surface area contributed by atoms with Crippen molar-refractivity contribution >= 4 is 23.2 Å². The highest BCUT2D eigenvalue weighted by Gasteiger charge is 2.11. The number of nitrogens with one attached hydrogen (secondary N) is 1. The summed E-state index contributed by atoms with van der Waals surface area (Å²) in [6, 6.07) is 9.32. The van der Waals surface area contributed by atoms with Crippen LogP contribution in [-0.4, -0.2) is 21.4 Å². The van der Waals surface area contributed by atoms with E-state index in [1.807, 2.05) is 6.92 Å². The third-order valence-electron chi connectivity index (χ3n) is 4.04. The van der Waals surface area contributed by atoms with Crippen LogP contribution in [0.25, 0.3) is 5.65 Å². The van der Waals surface area contributed by atoms with Crippen molar-refractivity contribution in [1.29, 1.82) is 0 Å². The predicted octanol–water partition coefficient (Wildman–Crippen LogP) is 3.08. The zero-order valence-electron chi connectivity index (χ0n) is 15.7. The first-order valence-electron chi connectivity index (χ1n) is 9.03. The summed E-state index contributed by atoms with van der Waals surface area (Å²) in [7, 11) is 0. The molecule has 0 unspecified atom stereocenters. The lowest BCUT2D eigenvalue weighted by atomic mass is 10.2. The van der Waals surface area contributed by atoms with Crippen molar-refractivity contribution < 1.29 is 18.8 Å². The molecule has 28 heavy (non-hydrogen) atoms. The Morgan fingerprint density at radius 3 is 2.68 bits per heavy atom. The number of ether oxygens (including phenoxy) is 1. The Morgan fingerprint density at radius 2 is 1.96 bits per heavy atom. The van der Waals surface area contributed by atoms with Crippen molar-refractivity contribution in [2.24, 2.45) is 0 Å². The summed E-state index contributed by atoms with van der Waals surface area (Å²) < 4.78 is 11.5. The van der Waals surface area contributed by atoms with Gasteiger partial charge < -0.3 is 14.6 Å². The minimum atomic E-state index is -0.547. The quantitative estimate of drug-likeness (QED) is 0.629. The van der Waals surface area contributed by atoms with Crippen LogP contribution < -0.4 is 10.9 Å². The van der Waals surface area contributed by atoms with Crippen molar-refractivity contribution in [3.8, 4) is 0 Å². The second kappa shape index (κ2) is 8.51. The van der Waals surface area contributed by atoms with E-state index in [-0.39, 0.29) is 18.1 Å². The number of benzene rings is 1. The largest absolute Gasteiger partial charge is 0.456 e. The van der Waals surface area contributed by atoms with Gasteiger partial charge in [-0.2, -0.15) is 0 Å². The number of nitrogens with zero attached hydrogens (tertiary/aromatic N) is 2. The molecule has 3 aromatic rings. The van der Waals surface area contributed by atoms with Gasteiger partial charge >= 0.3 is 5.97 Å². The van der Waals surface area contributed by atoms with Gasteiger partial charge in [0, 0.05) is 24.2 Å². The molecule has 0 atom stereocenters. The minimum Gasteiger partial charge on any atom is -0.456 e. The summed E-state index contributed by atoms with van der Waals surface area (Å²) in [6.07, 6.45) is 2.25. The highest BCUT2D eigenvalue weighted by molar-refractivity contribution is 5.93. The molecule has 0 aliphatic carbocycles. The van der Waals surface area contributed by atoms with E-state index in [9.17, 15) is 14.4 Å². The van der Waals surface area contributed by atoms with Crippen LogP contribution in [0, 0.1) is 6.92 Å². The predicted molar refractivity (Wildman–Crippen MR) is 102 cm³/mol. The fourth-order valence-electron chi connectivity index (χ4n) is 2.62. The molecule has 146 valence electrons. The van der Waals surface area contributed by atoms with Crippen molar-refractivity contribution in [3.63, 3.8) is 0 Å². The van der Waals surface area contributed by atoms with Gasteiger partial charge in [-0.05, 0) is 37.6 Å². The summed E-state index contributed by atoms with van der Waals surface area (Å²) in [5.74, 6) is -0.0470. The Balaban J connectivity index is 1.60. The molecule has 1 aromatic carbocycles. The molecule has 0 bridgehead atoms. The third kappa shape index (κ3) is 4.64. The lowest BCUT2D eigenvalue weighted by Crippen LogP contribution is -2.15. The van der Waals surface area contributed by atoms with Gasteiger partial charge in [-0.25, -0.2) is 9.78 Å². The maximum absolute atomic E-state index is 12.2. The first-order valence-corrected chi connectivity index (χ1v) is 9.03.